The van der Waals surface area contributed by atoms with Crippen molar-refractivity contribution in [2.24, 2.45) is 0 Å². The Morgan fingerprint density at radius 1 is 0.462 bits per heavy atom. The van der Waals surface area contributed by atoms with Gasteiger partial charge < -0.3 is 70.4 Å². The Balaban J connectivity index is 0.000000153. The molecule has 0 saturated carbocycles. The second-order valence-electron chi connectivity index (χ2n) is 30.4. The SMILES string of the molecule is C=C1C=C(C(F)(F)F)C(C(=O)Nc2cc(-c3ccc(N4CCCC4)nc3F)ccc2N2CCN(C)CC2)=CN1.C=C1C=C(C(F)(F)F)C(C(=O)Nc2cc(-c3cccc(CN4CCOCC4)c3F)ccc2N2CCN(C)CC2)=CN1.Cc1cccc(C(=O)Nc2cc(-c3cc(CN4CCOCC4)ccc3F)ccc2N2CCN(C)CC2)c1. The molecule has 0 atom stereocenters. The summed E-state index contributed by atoms with van der Waals surface area (Å²) >= 11 is 0. The molecule has 6 aromatic carbocycles. The van der Waals surface area contributed by atoms with Crippen molar-refractivity contribution in [2.75, 3.05) is 201 Å². The maximum Gasteiger partial charge on any atom is 0.417 e. The Morgan fingerprint density at radius 2 is 0.906 bits per heavy atom. The van der Waals surface area contributed by atoms with Gasteiger partial charge >= 0.3 is 12.4 Å². The molecule has 20 nitrogen and oxygen atoms in total. The lowest BCUT2D eigenvalue weighted by molar-refractivity contribution is -0.115. The summed E-state index contributed by atoms with van der Waals surface area (Å²) in [5.74, 6) is -2.75. The van der Waals surface area contributed by atoms with E-state index >= 15 is 13.2 Å². The van der Waals surface area contributed by atoms with Crippen molar-refractivity contribution in [1.82, 2.24) is 40.1 Å². The first-order chi connectivity index (χ1) is 56.2. The number of allylic oxidation sites excluding steroid dienone is 2. The smallest absolute Gasteiger partial charge is 0.379 e. The molecule has 3 amide bonds. The number of nitrogens with zero attached hydrogens (tertiary/aromatic N) is 10. The van der Waals surface area contributed by atoms with Crippen molar-refractivity contribution < 1.29 is 63.4 Å². The van der Waals surface area contributed by atoms with Gasteiger partial charge in [-0.2, -0.15) is 30.7 Å². The number of dihydropyridines is 2. The number of piperazine rings is 3. The van der Waals surface area contributed by atoms with Crippen molar-refractivity contribution >= 4 is 57.7 Å². The van der Waals surface area contributed by atoms with E-state index in [9.17, 15) is 40.7 Å². The number of alkyl halides is 6. The number of carbonyl (C=O) groups is 3. The number of aryl methyl sites for hydroxylation is 1. The molecule has 15 rings (SSSR count). The van der Waals surface area contributed by atoms with E-state index in [0.717, 1.165) is 158 Å². The van der Waals surface area contributed by atoms with Crippen molar-refractivity contribution in [3.8, 4) is 33.4 Å². The summed E-state index contributed by atoms with van der Waals surface area (Å²) in [6, 6.07) is 37.7. The number of anilines is 7. The van der Waals surface area contributed by atoms with Crippen LogP contribution in [-0.2, 0) is 32.2 Å². The van der Waals surface area contributed by atoms with E-state index in [1.807, 2.05) is 80.5 Å². The van der Waals surface area contributed by atoms with Crippen molar-refractivity contribution in [3.63, 3.8) is 0 Å². The van der Waals surface area contributed by atoms with Crippen molar-refractivity contribution in [1.29, 1.82) is 0 Å². The molecular weight excluding hydrogens is 1520 g/mol. The molecular formula is C88H98F9N15O5. The highest BCUT2D eigenvalue weighted by Crippen LogP contribution is 2.42. The summed E-state index contributed by atoms with van der Waals surface area (Å²) in [6.45, 7) is 27.1. The van der Waals surface area contributed by atoms with Crippen LogP contribution in [0.15, 0.2) is 199 Å². The van der Waals surface area contributed by atoms with Crippen molar-refractivity contribution in [2.45, 2.75) is 45.2 Å². The van der Waals surface area contributed by atoms with E-state index in [2.05, 4.69) is 91.0 Å². The van der Waals surface area contributed by atoms with Gasteiger partial charge in [0.05, 0.1) is 82.8 Å². The summed E-state index contributed by atoms with van der Waals surface area (Å²) in [5.41, 5.74) is 6.40. The summed E-state index contributed by atoms with van der Waals surface area (Å²) in [4.78, 5) is 63.4. The zero-order valence-corrected chi connectivity index (χ0v) is 66.1. The van der Waals surface area contributed by atoms with Gasteiger partial charge in [0.2, 0.25) is 5.95 Å². The number of nitrogens with one attached hydrogen (secondary N) is 5. The maximum atomic E-state index is 15.8. The van der Waals surface area contributed by atoms with Gasteiger partial charge in [-0.3, -0.25) is 24.2 Å². The third kappa shape index (κ3) is 21.3. The highest BCUT2D eigenvalue weighted by molar-refractivity contribution is 6.11. The summed E-state index contributed by atoms with van der Waals surface area (Å²) in [5, 5.41) is 13.7. The predicted octanol–water partition coefficient (Wildman–Crippen LogP) is 13.8. The van der Waals surface area contributed by atoms with Crippen LogP contribution in [-0.4, -0.2) is 225 Å². The van der Waals surface area contributed by atoms with E-state index in [1.165, 1.54) is 0 Å². The molecule has 8 aliphatic rings. The second kappa shape index (κ2) is 37.6. The first kappa shape index (κ1) is 84.1. The van der Waals surface area contributed by atoms with Crippen LogP contribution in [0.25, 0.3) is 33.4 Å². The normalized spacial score (nSPS) is 18.2. The van der Waals surface area contributed by atoms with Gasteiger partial charge in [-0.1, -0.05) is 73.3 Å². The van der Waals surface area contributed by atoms with Gasteiger partial charge in [-0.15, -0.1) is 0 Å². The fourth-order valence-corrected chi connectivity index (χ4v) is 15.3. The molecule has 0 spiro atoms. The van der Waals surface area contributed by atoms with Crippen LogP contribution in [0, 0.1) is 24.5 Å². The minimum absolute atomic E-state index is 0.0272. The largest absolute Gasteiger partial charge is 0.417 e. The Morgan fingerprint density at radius 3 is 1.37 bits per heavy atom. The highest BCUT2D eigenvalue weighted by atomic mass is 19.4. The van der Waals surface area contributed by atoms with E-state index in [1.54, 1.807) is 72.8 Å². The van der Waals surface area contributed by atoms with Gasteiger partial charge in [0, 0.05) is 183 Å². The monoisotopic (exact) mass is 1620 g/mol. The lowest BCUT2D eigenvalue weighted by Crippen LogP contribution is -2.44. The molecule has 6 saturated heterocycles. The number of likely N-dealkylation sites (N-methyl/N-ethyl adjacent to an activating group) is 3. The van der Waals surface area contributed by atoms with Crippen molar-refractivity contribution in [3.05, 3.63) is 239 Å². The number of aromatic nitrogens is 1. The number of hydrogen-bond acceptors (Lipinski definition) is 17. The molecule has 6 fully saturated rings. The summed E-state index contributed by atoms with van der Waals surface area (Å²) in [6.07, 6.45) is -3.81. The van der Waals surface area contributed by atoms with Crippen LogP contribution < -0.4 is 46.2 Å². The zero-order valence-electron chi connectivity index (χ0n) is 66.1. The number of morpholine rings is 2. The maximum absolute atomic E-state index is 15.8. The van der Waals surface area contributed by atoms with Gasteiger partial charge in [0.1, 0.15) is 17.5 Å². The molecule has 0 bridgehead atoms. The van der Waals surface area contributed by atoms with Crippen LogP contribution in [0.5, 0.6) is 0 Å². The van der Waals surface area contributed by atoms with Gasteiger partial charge in [-0.05, 0) is 148 Å². The third-order valence-electron chi connectivity index (χ3n) is 22.0. The lowest BCUT2D eigenvalue weighted by Gasteiger charge is -2.35. The standard InChI is InChI=1S/C30H33F4N5O2.C30H35FN4O2.C28H30F4N6O/c1-20-16-25(30(32,33)34)24(18-35-20)29(40)36-26-17-21(6-7-27(26)39-10-8-37(2)9-11-39)23-5-3-4-22(28(23)31)19-38-12-14-41-15-13-38;1-22-4-3-5-25(18-22)30(36)32-28-20-24(7-9-29(28)35-12-10-33(2)11-13-35)26-19-23(6-8-27(26)31)21-34-14-16-37-17-15-34;1-18-15-22(28(30,31)32)21(17-33-18)27(39)34-23-16-19(5-7-24(23)37-13-11-36(2)12-14-37)20-6-8-25(35-26(20)29)38-9-3-4-10-38/h3-7,16-18,35H,1,8-15,19H2,2H3,(H,36,40);3-9,18-20H,10-17,21H2,1-2H3,(H,32,36);5-8,15-17,33H,1,3-4,9-14H2,2H3,(H,34,39). The van der Waals surface area contributed by atoms with Gasteiger partial charge in [0.15, 0.2) is 0 Å². The number of ether oxygens (including phenoxy) is 2. The third-order valence-corrected chi connectivity index (χ3v) is 22.0. The van der Waals surface area contributed by atoms with Crippen LogP contribution in [0.1, 0.15) is 39.9 Å². The molecule has 5 N–H and O–H groups in total. The Hall–Kier alpha value is -10.8. The van der Waals surface area contributed by atoms with Crippen LogP contribution in [0.4, 0.5) is 79.5 Å². The topological polar surface area (TPSA) is 172 Å². The highest BCUT2D eigenvalue weighted by Gasteiger charge is 2.42. The molecule has 0 unspecified atom stereocenters. The molecule has 0 aliphatic carbocycles. The number of pyridine rings is 1. The first-order valence-electron chi connectivity index (χ1n) is 39.4. The van der Waals surface area contributed by atoms with Gasteiger partial charge in [-0.25, -0.2) is 13.8 Å². The average molecular weight is 1620 g/mol. The number of halogens is 9. The Kier molecular flexibility index (Phi) is 27.1. The molecule has 29 heteroatoms. The predicted molar refractivity (Wildman–Crippen MR) is 441 cm³/mol. The first-order valence-corrected chi connectivity index (χ1v) is 39.4. The molecule has 618 valence electrons. The Labute approximate surface area is 676 Å². The fourth-order valence-electron chi connectivity index (χ4n) is 15.3. The van der Waals surface area contributed by atoms with Gasteiger partial charge in [0.25, 0.3) is 17.7 Å². The summed E-state index contributed by atoms with van der Waals surface area (Å²) < 4.78 is 139. The average Bonchev–Trinajstić information content (AvgIpc) is 0.874. The van der Waals surface area contributed by atoms with E-state index in [4.69, 9.17) is 9.47 Å². The zero-order chi connectivity index (χ0) is 82.7. The minimum Gasteiger partial charge on any atom is -0.379 e. The molecule has 1 aromatic heterocycles. The second-order valence-corrected chi connectivity index (χ2v) is 30.4. The number of carbonyl (C=O) groups excluding carboxylic acids is 3. The number of benzene rings is 6. The number of amides is 3. The van der Waals surface area contributed by atoms with E-state index < -0.39 is 52.4 Å². The van der Waals surface area contributed by atoms with Crippen LogP contribution in [0.3, 0.4) is 0 Å². The number of rotatable bonds is 17. The number of hydrogen-bond donors (Lipinski definition) is 5. The molecule has 117 heavy (non-hydrogen) atoms. The lowest BCUT2D eigenvalue weighted by atomic mass is 9.99. The minimum atomic E-state index is -4.75. The molecule has 8 aliphatic heterocycles. The quantitative estimate of drug-likeness (QED) is 0.0430. The van der Waals surface area contributed by atoms with E-state index in [0.29, 0.717) is 121 Å². The van der Waals surface area contributed by atoms with E-state index in [-0.39, 0.29) is 40.2 Å². The fraction of sp³-hybridized carbons (Fsp3) is 0.364. The molecule has 0 radical (unpaired) electrons. The Bertz CT molecular complexity index is 4930. The van der Waals surface area contributed by atoms with Crippen LogP contribution in [0.2, 0.25) is 0 Å². The van der Waals surface area contributed by atoms with Crippen LogP contribution >= 0.6 is 0 Å². The molecule has 7 aromatic rings. The summed E-state index contributed by atoms with van der Waals surface area (Å²) in [7, 11) is 6.14. The molecule has 9 heterocycles.